The normalized spacial score (nSPS) is 27.9. The number of benzene rings is 1. The van der Waals surface area contributed by atoms with Gasteiger partial charge in [-0.05, 0) is 44.7 Å². The maximum atomic E-state index is 13.8. The first-order valence-electron chi connectivity index (χ1n) is 10.2. The molecule has 0 aliphatic carbocycles. The number of Topliss-reactive ketones (excluding diaryl/α,β-unsaturated/α-hetero) is 1. The lowest BCUT2D eigenvalue weighted by molar-refractivity contribution is -0.313. The number of carboxylic acids is 1. The first kappa shape index (κ1) is 23.6. The van der Waals surface area contributed by atoms with Crippen LogP contribution in [0, 0.1) is 0 Å². The fourth-order valence-corrected chi connectivity index (χ4v) is 4.40. The number of rotatable bonds is 6. The minimum Gasteiger partial charge on any atom is -0.548 e. The summed E-state index contributed by atoms with van der Waals surface area (Å²) in [5.74, 6) is -6.61. The molecule has 10 heteroatoms. The van der Waals surface area contributed by atoms with Crippen molar-refractivity contribution in [2.75, 3.05) is 13.1 Å². The number of nitrogens with one attached hydrogen (secondary N) is 1. The van der Waals surface area contributed by atoms with Gasteiger partial charge in [0, 0.05) is 11.6 Å². The summed E-state index contributed by atoms with van der Waals surface area (Å²) in [7, 11) is 0. The third kappa shape index (κ3) is 4.74. The molecule has 1 aromatic rings. The molecule has 172 valence electrons. The lowest BCUT2D eigenvalue weighted by atomic mass is 9.88. The van der Waals surface area contributed by atoms with Gasteiger partial charge in [-0.3, -0.25) is 15.0 Å². The summed E-state index contributed by atoms with van der Waals surface area (Å²) in [4.78, 5) is 25.6. The largest absolute Gasteiger partial charge is 0.548 e. The van der Waals surface area contributed by atoms with E-state index in [-0.39, 0.29) is 24.9 Å². The van der Waals surface area contributed by atoms with E-state index in [0.29, 0.717) is 24.8 Å². The Balaban J connectivity index is 1.88. The van der Waals surface area contributed by atoms with E-state index < -0.39 is 48.0 Å². The summed E-state index contributed by atoms with van der Waals surface area (Å²) in [6.45, 7) is 0.00102. The van der Waals surface area contributed by atoms with Gasteiger partial charge in [0.05, 0.1) is 24.1 Å². The van der Waals surface area contributed by atoms with Crippen molar-refractivity contribution in [3.63, 3.8) is 0 Å². The van der Waals surface area contributed by atoms with Gasteiger partial charge in [-0.1, -0.05) is 30.7 Å². The number of ketones is 1. The molecule has 2 aliphatic rings. The number of hydrogen-bond donors (Lipinski definition) is 1. The van der Waals surface area contributed by atoms with Gasteiger partial charge >= 0.3 is 12.1 Å². The van der Waals surface area contributed by atoms with Crippen molar-refractivity contribution in [3.8, 4) is 0 Å². The van der Waals surface area contributed by atoms with Crippen molar-refractivity contribution in [2.45, 2.75) is 68.7 Å². The Labute approximate surface area is 176 Å². The minimum atomic E-state index is -5.66. The van der Waals surface area contributed by atoms with Crippen LogP contribution in [-0.4, -0.2) is 53.4 Å². The Morgan fingerprint density at radius 2 is 1.84 bits per heavy atom. The lowest BCUT2D eigenvalue weighted by Crippen LogP contribution is -2.55. The first-order chi connectivity index (χ1) is 14.4. The topological polar surface area (TPSA) is 72.5 Å². The summed E-state index contributed by atoms with van der Waals surface area (Å²) in [5, 5.41) is 14.1. The Kier molecular flexibility index (Phi) is 6.44. The van der Waals surface area contributed by atoms with Crippen LogP contribution >= 0.6 is 0 Å². The molecule has 31 heavy (non-hydrogen) atoms. The molecule has 0 aromatic heterocycles. The molecule has 0 spiro atoms. The quantitative estimate of drug-likeness (QED) is 0.537. The number of alkyl halides is 5. The number of piperidine rings is 1. The SMILES string of the molecule is CC1(C(=O)[O-])CCC(C(=O)c2ccccc2C2CCCCN2CC(F)(F)C(F)(F)F)N1. The molecule has 3 atom stereocenters. The highest BCUT2D eigenvalue weighted by Gasteiger charge is 2.58. The average molecular weight is 447 g/mol. The molecular formula is C21H24F5N2O3-. The molecule has 3 rings (SSSR count). The van der Waals surface area contributed by atoms with E-state index in [1.54, 1.807) is 18.2 Å². The van der Waals surface area contributed by atoms with Crippen LogP contribution < -0.4 is 10.4 Å². The van der Waals surface area contributed by atoms with Gasteiger partial charge in [0.2, 0.25) is 0 Å². The molecule has 5 nitrogen and oxygen atoms in total. The Morgan fingerprint density at radius 1 is 1.16 bits per heavy atom. The predicted molar refractivity (Wildman–Crippen MR) is 99.5 cm³/mol. The van der Waals surface area contributed by atoms with Crippen molar-refractivity contribution >= 4 is 11.8 Å². The number of halogens is 5. The summed E-state index contributed by atoms with van der Waals surface area (Å²) in [6, 6.07) is 4.68. The Bertz CT molecular complexity index is 845. The molecule has 2 saturated heterocycles. The number of nitrogens with zero attached hydrogens (tertiary/aromatic N) is 1. The molecule has 2 fully saturated rings. The van der Waals surface area contributed by atoms with E-state index in [2.05, 4.69) is 5.32 Å². The van der Waals surface area contributed by atoms with Gasteiger partial charge in [-0.25, -0.2) is 0 Å². The average Bonchev–Trinajstić information content (AvgIpc) is 3.10. The molecule has 0 saturated carbocycles. The fourth-order valence-electron chi connectivity index (χ4n) is 4.40. The smallest absolute Gasteiger partial charge is 0.454 e. The monoisotopic (exact) mass is 447 g/mol. The number of carbonyl (C=O) groups is 2. The zero-order valence-electron chi connectivity index (χ0n) is 17.0. The van der Waals surface area contributed by atoms with E-state index in [1.165, 1.54) is 13.0 Å². The molecule has 1 N–H and O–H groups in total. The van der Waals surface area contributed by atoms with Crippen molar-refractivity contribution < 1.29 is 36.6 Å². The van der Waals surface area contributed by atoms with Crippen molar-refractivity contribution in [3.05, 3.63) is 35.4 Å². The van der Waals surface area contributed by atoms with E-state index in [4.69, 9.17) is 0 Å². The zero-order valence-corrected chi connectivity index (χ0v) is 17.0. The van der Waals surface area contributed by atoms with Crippen LogP contribution in [0.2, 0.25) is 0 Å². The standard InChI is InChI=1S/C21H25F5N2O3/c1-19(18(30)31)10-9-15(27-19)17(29)14-7-3-2-6-13(14)16-8-4-5-11-28(16)12-20(22,23)21(24,25)26/h2-3,6-7,15-16,27H,4-5,8-12H2,1H3,(H,30,31)/p-1. The number of aliphatic carboxylic acids is 1. The lowest BCUT2D eigenvalue weighted by Gasteiger charge is -2.39. The van der Waals surface area contributed by atoms with Crippen LogP contribution in [0.1, 0.15) is 61.0 Å². The van der Waals surface area contributed by atoms with Crippen molar-refractivity contribution in [2.24, 2.45) is 0 Å². The zero-order chi connectivity index (χ0) is 23.0. The molecule has 2 aliphatic heterocycles. The molecule has 0 bridgehead atoms. The van der Waals surface area contributed by atoms with E-state index in [9.17, 15) is 36.6 Å². The van der Waals surface area contributed by atoms with E-state index >= 15 is 0 Å². The Hall–Kier alpha value is -2.07. The number of hydrogen-bond acceptors (Lipinski definition) is 5. The van der Waals surface area contributed by atoms with Crippen LogP contribution in [-0.2, 0) is 4.79 Å². The first-order valence-corrected chi connectivity index (χ1v) is 10.2. The summed E-state index contributed by atoms with van der Waals surface area (Å²) < 4.78 is 65.9. The summed E-state index contributed by atoms with van der Waals surface area (Å²) >= 11 is 0. The Morgan fingerprint density at radius 3 is 2.45 bits per heavy atom. The summed E-state index contributed by atoms with van der Waals surface area (Å²) in [6.07, 6.45) is -3.78. The van der Waals surface area contributed by atoms with Crippen LogP contribution in [0.15, 0.2) is 24.3 Å². The second kappa shape index (κ2) is 8.46. The van der Waals surface area contributed by atoms with Crippen molar-refractivity contribution in [1.82, 2.24) is 10.2 Å². The van der Waals surface area contributed by atoms with Crippen LogP contribution in [0.3, 0.4) is 0 Å². The molecule has 0 radical (unpaired) electrons. The van der Waals surface area contributed by atoms with E-state index in [0.717, 1.165) is 4.90 Å². The molecular weight excluding hydrogens is 423 g/mol. The van der Waals surface area contributed by atoms with Gasteiger partial charge in [-0.15, -0.1) is 0 Å². The molecule has 2 heterocycles. The highest BCUT2D eigenvalue weighted by atomic mass is 19.4. The van der Waals surface area contributed by atoms with Gasteiger partial charge in [0.25, 0.3) is 0 Å². The predicted octanol–water partition coefficient (Wildman–Crippen LogP) is 2.85. The molecule has 1 aromatic carbocycles. The van der Waals surface area contributed by atoms with Gasteiger partial charge in [0.1, 0.15) is 0 Å². The number of likely N-dealkylation sites (tertiary alicyclic amines) is 1. The van der Waals surface area contributed by atoms with Gasteiger partial charge < -0.3 is 9.90 Å². The highest BCUT2D eigenvalue weighted by Crippen LogP contribution is 2.41. The minimum absolute atomic E-state index is 0.0588. The third-order valence-electron chi connectivity index (χ3n) is 6.21. The van der Waals surface area contributed by atoms with Crippen LogP contribution in [0.5, 0.6) is 0 Å². The maximum Gasteiger partial charge on any atom is 0.454 e. The number of carboxylic acid groups (broad SMARTS) is 1. The third-order valence-corrected chi connectivity index (χ3v) is 6.21. The van der Waals surface area contributed by atoms with E-state index in [1.807, 2.05) is 0 Å². The fraction of sp³-hybridized carbons (Fsp3) is 0.619. The maximum absolute atomic E-state index is 13.8. The second-order valence-electron chi connectivity index (χ2n) is 8.49. The second-order valence-corrected chi connectivity index (χ2v) is 8.49. The number of carbonyl (C=O) groups excluding carboxylic acids is 2. The molecule has 3 unspecified atom stereocenters. The highest BCUT2D eigenvalue weighted by molar-refractivity contribution is 6.02. The van der Waals surface area contributed by atoms with Crippen LogP contribution in [0.4, 0.5) is 22.0 Å². The summed E-state index contributed by atoms with van der Waals surface area (Å²) in [5.41, 5.74) is -0.773. The van der Waals surface area contributed by atoms with Gasteiger partial charge in [-0.2, -0.15) is 22.0 Å². The molecule has 0 amide bonds. The van der Waals surface area contributed by atoms with Crippen molar-refractivity contribution in [1.29, 1.82) is 0 Å². The van der Waals surface area contributed by atoms with Gasteiger partial charge in [0.15, 0.2) is 5.78 Å². The van der Waals surface area contributed by atoms with Crippen LogP contribution in [0.25, 0.3) is 0 Å².